The van der Waals surface area contributed by atoms with Crippen LogP contribution in [0, 0.1) is 0 Å². The van der Waals surface area contributed by atoms with Crippen LogP contribution in [0.5, 0.6) is 0 Å². The van der Waals surface area contributed by atoms with Crippen LogP contribution in [0.2, 0.25) is 0 Å². The summed E-state index contributed by atoms with van der Waals surface area (Å²) < 4.78 is 0. The minimum atomic E-state index is -0.745. The molecule has 0 aromatic rings. The first-order chi connectivity index (χ1) is 2.27. The normalized spacial score (nSPS) is 6.17. The third-order valence-corrected chi connectivity index (χ3v) is 0.302. The van der Waals surface area contributed by atoms with Gasteiger partial charge in [-0.05, 0) is 0 Å². The van der Waals surface area contributed by atoms with Crippen LogP contribution in [-0.4, -0.2) is 11.1 Å². The van der Waals surface area contributed by atoms with Crippen LogP contribution in [0.4, 0.5) is 0 Å². The molecule has 0 unspecified atom stereocenters. The van der Waals surface area contributed by atoms with Gasteiger partial charge in [-0.25, -0.2) is 0 Å². The summed E-state index contributed by atoms with van der Waals surface area (Å²) in [7, 11) is 0. The molecule has 41 valence electrons. The van der Waals surface area contributed by atoms with Gasteiger partial charge in [-0.2, -0.15) is 0 Å². The van der Waals surface area contributed by atoms with Crippen molar-refractivity contribution in [3.8, 4) is 0 Å². The zero-order valence-electron chi connectivity index (χ0n) is 3.36. The van der Waals surface area contributed by atoms with E-state index in [0.717, 1.165) is 0 Å². The molecule has 0 aliphatic carbocycles. The summed E-state index contributed by atoms with van der Waals surface area (Å²) >= 11 is 0. The molecule has 0 heterocycles. The van der Waals surface area contributed by atoms with Gasteiger partial charge in [-0.1, -0.05) is 6.92 Å². The maximum Gasteiger partial charge on any atom is 0.303 e. The molecule has 0 amide bonds. The van der Waals surface area contributed by atoms with E-state index < -0.39 is 5.97 Å². The second-order valence-corrected chi connectivity index (χ2v) is 0.747. The number of hydrogen-bond acceptors (Lipinski definition) is 1. The second kappa shape index (κ2) is 5.21. The van der Waals surface area contributed by atoms with Crippen LogP contribution in [0.25, 0.3) is 0 Å². The molecular weight excluding hydrogens is 176 g/mol. The van der Waals surface area contributed by atoms with E-state index in [-0.39, 0.29) is 28.8 Å². The zero-order valence-corrected chi connectivity index (χ0v) is 4.85. The van der Waals surface area contributed by atoms with E-state index in [2.05, 4.69) is 0 Å². The predicted octanol–water partition coefficient (Wildman–Crippen LogP) is 0.478. The van der Waals surface area contributed by atoms with Crippen molar-refractivity contribution in [3.63, 3.8) is 0 Å². The van der Waals surface area contributed by atoms with Crippen molar-refractivity contribution in [2.45, 2.75) is 13.3 Å². The summed E-state index contributed by atoms with van der Waals surface area (Å²) in [5, 5.41) is 7.72. The molecule has 1 radical (unpaired) electrons. The van der Waals surface area contributed by atoms with E-state index in [1.54, 1.807) is 6.92 Å². The SMILES string of the molecule is CCC(=O)O.[Ag]. The molecule has 0 aromatic carbocycles. The Kier molecular flexibility index (Phi) is 8.26. The van der Waals surface area contributed by atoms with Gasteiger partial charge < -0.3 is 5.11 Å². The maximum absolute atomic E-state index is 9.37. The van der Waals surface area contributed by atoms with Crippen LogP contribution < -0.4 is 0 Å². The molecule has 0 saturated carbocycles. The van der Waals surface area contributed by atoms with E-state index in [9.17, 15) is 4.79 Å². The molecule has 3 heteroatoms. The van der Waals surface area contributed by atoms with Gasteiger partial charge in [0.2, 0.25) is 0 Å². The Bertz CT molecular complexity index is 44.1. The molecular formula is C3H6AgO2. The van der Waals surface area contributed by atoms with Crippen LogP contribution >= 0.6 is 0 Å². The Balaban J connectivity index is 0. The van der Waals surface area contributed by atoms with Gasteiger partial charge in [-0.3, -0.25) is 4.79 Å². The number of rotatable bonds is 1. The average molecular weight is 182 g/mol. The molecule has 0 spiro atoms. The Hall–Kier alpha value is 0.210. The van der Waals surface area contributed by atoms with Crippen molar-refractivity contribution in [2.75, 3.05) is 0 Å². The van der Waals surface area contributed by atoms with Gasteiger partial charge in [0.1, 0.15) is 0 Å². The fourth-order valence-corrected chi connectivity index (χ4v) is 0. The molecule has 0 aliphatic heterocycles. The third kappa shape index (κ3) is 8.88. The van der Waals surface area contributed by atoms with Crippen molar-refractivity contribution < 1.29 is 32.3 Å². The van der Waals surface area contributed by atoms with E-state index in [1.165, 1.54) is 0 Å². The Morgan fingerprint density at radius 1 is 1.83 bits per heavy atom. The first kappa shape index (κ1) is 9.51. The van der Waals surface area contributed by atoms with Gasteiger partial charge in [0.15, 0.2) is 0 Å². The first-order valence-corrected chi connectivity index (χ1v) is 1.49. The number of carboxylic acid groups (broad SMARTS) is 1. The van der Waals surface area contributed by atoms with Crippen molar-refractivity contribution in [1.82, 2.24) is 0 Å². The molecule has 0 fully saturated rings. The van der Waals surface area contributed by atoms with E-state index in [4.69, 9.17) is 5.11 Å². The summed E-state index contributed by atoms with van der Waals surface area (Å²) in [4.78, 5) is 9.37. The van der Waals surface area contributed by atoms with E-state index >= 15 is 0 Å². The average Bonchev–Trinajstić information content (AvgIpc) is 1.38. The molecule has 0 aromatic heterocycles. The number of carboxylic acids is 1. The molecule has 0 aliphatic rings. The molecule has 0 bridgehead atoms. The van der Waals surface area contributed by atoms with Crippen LogP contribution in [-0.2, 0) is 27.2 Å². The van der Waals surface area contributed by atoms with E-state index in [0.29, 0.717) is 0 Å². The van der Waals surface area contributed by atoms with E-state index in [1.807, 2.05) is 0 Å². The summed E-state index contributed by atoms with van der Waals surface area (Å²) in [6, 6.07) is 0. The third-order valence-electron chi connectivity index (χ3n) is 0.302. The largest absolute Gasteiger partial charge is 0.481 e. The van der Waals surface area contributed by atoms with Gasteiger partial charge in [-0.15, -0.1) is 0 Å². The van der Waals surface area contributed by atoms with Gasteiger partial charge in [0, 0.05) is 28.8 Å². The fourth-order valence-electron chi connectivity index (χ4n) is 0. The standard InChI is InChI=1S/C3H6O2.Ag/c1-2-3(4)5;/h2H2,1H3,(H,4,5);. The second-order valence-electron chi connectivity index (χ2n) is 0.747. The van der Waals surface area contributed by atoms with Crippen LogP contribution in [0.1, 0.15) is 13.3 Å². The molecule has 1 N–H and O–H groups in total. The topological polar surface area (TPSA) is 37.3 Å². The van der Waals surface area contributed by atoms with Crippen molar-refractivity contribution in [1.29, 1.82) is 0 Å². The minimum absolute atomic E-state index is 0. The maximum atomic E-state index is 9.37. The van der Waals surface area contributed by atoms with Crippen molar-refractivity contribution in [3.05, 3.63) is 0 Å². The number of hydrogen-bond donors (Lipinski definition) is 1. The monoisotopic (exact) mass is 181 g/mol. The summed E-state index contributed by atoms with van der Waals surface area (Å²) in [5.41, 5.74) is 0. The Morgan fingerprint density at radius 3 is 2.00 bits per heavy atom. The smallest absolute Gasteiger partial charge is 0.303 e. The minimum Gasteiger partial charge on any atom is -0.481 e. The van der Waals surface area contributed by atoms with Crippen LogP contribution in [0.15, 0.2) is 0 Å². The summed E-state index contributed by atoms with van der Waals surface area (Å²) in [6.45, 7) is 1.60. The molecule has 6 heavy (non-hydrogen) atoms. The zero-order chi connectivity index (χ0) is 4.28. The Labute approximate surface area is 52.1 Å². The summed E-state index contributed by atoms with van der Waals surface area (Å²) in [6.07, 6.45) is 0.222. The first-order valence-electron chi connectivity index (χ1n) is 1.49. The predicted molar refractivity (Wildman–Crippen MR) is 17.9 cm³/mol. The molecule has 0 atom stereocenters. The van der Waals surface area contributed by atoms with Gasteiger partial charge in [0.25, 0.3) is 0 Å². The van der Waals surface area contributed by atoms with Crippen molar-refractivity contribution in [2.24, 2.45) is 0 Å². The molecule has 0 saturated heterocycles. The van der Waals surface area contributed by atoms with Gasteiger partial charge >= 0.3 is 5.97 Å². The number of carbonyl (C=O) groups is 1. The van der Waals surface area contributed by atoms with Crippen LogP contribution in [0.3, 0.4) is 0 Å². The molecule has 2 nitrogen and oxygen atoms in total. The molecule has 0 rings (SSSR count). The fraction of sp³-hybridized carbons (Fsp3) is 0.667. The van der Waals surface area contributed by atoms with Gasteiger partial charge in [0.05, 0.1) is 0 Å². The quantitative estimate of drug-likeness (QED) is 0.598. The van der Waals surface area contributed by atoms with Crippen molar-refractivity contribution >= 4 is 5.97 Å². The summed E-state index contributed by atoms with van der Waals surface area (Å²) in [5.74, 6) is -0.745. The number of aliphatic carboxylic acids is 1. The Morgan fingerprint density at radius 2 is 2.00 bits per heavy atom.